The summed E-state index contributed by atoms with van der Waals surface area (Å²) < 4.78 is 13.8. The first kappa shape index (κ1) is 22.0. The summed E-state index contributed by atoms with van der Waals surface area (Å²) in [6.07, 6.45) is 0.887. The number of likely N-dealkylation sites (N-methyl/N-ethyl adjacent to an activating group) is 1. The largest absolute Gasteiger partial charge is 0.493 e. The molecule has 2 atom stereocenters. The molecular weight excluding hydrogens is 460 g/mol. The topological polar surface area (TPSA) is 63.9 Å². The number of likely N-dealkylation sites (tertiary alicyclic amines) is 1. The van der Waals surface area contributed by atoms with E-state index in [0.29, 0.717) is 40.0 Å². The van der Waals surface area contributed by atoms with Crippen molar-refractivity contribution in [3.63, 3.8) is 0 Å². The van der Waals surface area contributed by atoms with Gasteiger partial charge in [-0.1, -0.05) is 23.7 Å². The Morgan fingerprint density at radius 1 is 1.06 bits per heavy atom. The number of hydrogen-bond donors (Lipinski definition) is 1. The van der Waals surface area contributed by atoms with Gasteiger partial charge in [0.2, 0.25) is 0 Å². The van der Waals surface area contributed by atoms with Crippen LogP contribution in [-0.2, 0) is 0 Å². The summed E-state index contributed by atoms with van der Waals surface area (Å²) in [5, 5.41) is 11.8. The van der Waals surface area contributed by atoms with Crippen LogP contribution in [0.1, 0.15) is 0 Å². The van der Waals surface area contributed by atoms with Crippen LogP contribution < -0.4 is 15.0 Å². The zero-order valence-electron chi connectivity index (χ0n) is 18.2. The van der Waals surface area contributed by atoms with E-state index in [2.05, 4.69) is 0 Å². The summed E-state index contributed by atoms with van der Waals surface area (Å²) in [7, 11) is 3.51. The number of aliphatic hydroxyl groups excluding tert-OH is 1. The molecule has 33 heavy (non-hydrogen) atoms. The van der Waals surface area contributed by atoms with E-state index in [0.717, 1.165) is 15.8 Å². The Labute approximate surface area is 200 Å². The van der Waals surface area contributed by atoms with Gasteiger partial charge in [0.05, 0.1) is 12.8 Å². The molecule has 1 aliphatic heterocycles. The molecule has 2 unspecified atom stereocenters. The fourth-order valence-electron chi connectivity index (χ4n) is 4.11. The molecule has 6 nitrogen and oxygen atoms in total. The van der Waals surface area contributed by atoms with Gasteiger partial charge in [-0.25, -0.2) is 0 Å². The Balaban J connectivity index is 1.49. The zero-order valence-corrected chi connectivity index (χ0v) is 19.8. The van der Waals surface area contributed by atoms with Crippen LogP contribution in [0.25, 0.3) is 26.2 Å². The van der Waals surface area contributed by atoms with Crippen molar-refractivity contribution in [1.29, 1.82) is 0 Å². The molecule has 0 amide bonds. The monoisotopic (exact) mass is 482 g/mol. The molecule has 1 aliphatic rings. The van der Waals surface area contributed by atoms with Gasteiger partial charge in [0.1, 0.15) is 16.9 Å². The lowest BCUT2D eigenvalue weighted by atomic mass is 10.2. The number of halogens is 1. The minimum Gasteiger partial charge on any atom is -0.493 e. The van der Waals surface area contributed by atoms with E-state index in [1.165, 1.54) is 11.3 Å². The highest BCUT2D eigenvalue weighted by atomic mass is 35.5. The molecule has 0 bridgehead atoms. The summed E-state index contributed by atoms with van der Waals surface area (Å²) in [5.74, 6) is 1.05. The van der Waals surface area contributed by atoms with Crippen molar-refractivity contribution in [2.45, 2.75) is 12.2 Å². The van der Waals surface area contributed by atoms with Gasteiger partial charge in [0.15, 0.2) is 11.5 Å². The summed E-state index contributed by atoms with van der Waals surface area (Å²) in [5.41, 5.74) is 1.60. The maximum absolute atomic E-state index is 13.3. The molecule has 0 saturated carbocycles. The van der Waals surface area contributed by atoms with Crippen LogP contribution in [0.4, 0.5) is 0 Å². The number of hydrogen-bond acceptors (Lipinski definition) is 6. The van der Waals surface area contributed by atoms with E-state index in [1.807, 2.05) is 54.4 Å². The molecule has 0 spiro atoms. The summed E-state index contributed by atoms with van der Waals surface area (Å²) in [6.45, 7) is 1.20. The summed E-state index contributed by atoms with van der Waals surface area (Å²) in [6, 6.07) is 16.9. The Morgan fingerprint density at radius 2 is 1.85 bits per heavy atom. The Bertz CT molecular complexity index is 1370. The Kier molecular flexibility index (Phi) is 5.88. The van der Waals surface area contributed by atoms with E-state index in [-0.39, 0.29) is 11.7 Å². The lowest BCUT2D eigenvalue weighted by Gasteiger charge is -2.19. The maximum Gasteiger partial charge on any atom is 0.273 e. The maximum atomic E-state index is 13.3. The van der Waals surface area contributed by atoms with Crippen LogP contribution in [0.3, 0.4) is 0 Å². The average Bonchev–Trinajstić information content (AvgIpc) is 3.38. The number of pyridine rings is 1. The minimum atomic E-state index is -0.557. The van der Waals surface area contributed by atoms with E-state index in [9.17, 15) is 9.90 Å². The van der Waals surface area contributed by atoms with Gasteiger partial charge in [-0.15, -0.1) is 11.3 Å². The summed E-state index contributed by atoms with van der Waals surface area (Å²) >= 11 is 7.47. The number of aliphatic hydroxyl groups is 1. The predicted octanol–water partition coefficient (Wildman–Crippen LogP) is 4.43. The fourth-order valence-corrected chi connectivity index (χ4v) is 5.33. The second kappa shape index (κ2) is 8.83. The average molecular weight is 483 g/mol. The third-order valence-corrected chi connectivity index (χ3v) is 7.27. The van der Waals surface area contributed by atoms with Gasteiger partial charge in [-0.2, -0.15) is 0 Å². The lowest BCUT2D eigenvalue weighted by Crippen LogP contribution is -2.30. The molecule has 0 radical (unpaired) electrons. The van der Waals surface area contributed by atoms with Crippen molar-refractivity contribution in [3.8, 4) is 27.6 Å². The van der Waals surface area contributed by atoms with Crippen LogP contribution in [0.5, 0.6) is 11.5 Å². The van der Waals surface area contributed by atoms with Crippen LogP contribution in [0.2, 0.25) is 5.02 Å². The van der Waals surface area contributed by atoms with Crippen molar-refractivity contribution >= 4 is 33.0 Å². The minimum absolute atomic E-state index is 0.0960. The second-order valence-electron chi connectivity index (χ2n) is 8.17. The second-order valence-corrected chi connectivity index (χ2v) is 9.66. The van der Waals surface area contributed by atoms with Crippen LogP contribution in [0.15, 0.2) is 65.6 Å². The number of ether oxygens (including phenoxy) is 2. The third kappa shape index (κ3) is 4.25. The van der Waals surface area contributed by atoms with Crippen molar-refractivity contribution < 1.29 is 14.6 Å². The molecule has 170 valence electrons. The smallest absolute Gasteiger partial charge is 0.273 e. The molecule has 1 N–H and O–H groups in total. The fraction of sp³-hybridized carbons (Fsp3) is 0.240. The van der Waals surface area contributed by atoms with Gasteiger partial charge in [-0.05, 0) is 49.0 Å². The van der Waals surface area contributed by atoms with Crippen molar-refractivity contribution in [3.05, 3.63) is 76.2 Å². The van der Waals surface area contributed by atoms with E-state index >= 15 is 0 Å². The third-order valence-electron chi connectivity index (χ3n) is 5.83. The lowest BCUT2D eigenvalue weighted by molar-refractivity contribution is 0.0717. The standard InChI is InChI=1S/C25H23ClN2O4S/c1-27-13-19(29)22(14-27)32-20-8-7-18(12-21(20)31-2)28-10-9-16-11-23(33-24(16)25(28)30)15-3-5-17(26)6-4-15/h3-12,19,22,29H,13-14H2,1-2H3. The zero-order chi connectivity index (χ0) is 23.1. The van der Waals surface area contributed by atoms with Crippen molar-refractivity contribution in [1.82, 2.24) is 9.47 Å². The molecule has 2 aromatic carbocycles. The van der Waals surface area contributed by atoms with Crippen LogP contribution >= 0.6 is 22.9 Å². The van der Waals surface area contributed by atoms with Crippen LogP contribution in [-0.4, -0.2) is 54.0 Å². The van der Waals surface area contributed by atoms with Crippen molar-refractivity contribution in [2.75, 3.05) is 27.2 Å². The molecule has 0 aliphatic carbocycles. The summed E-state index contributed by atoms with van der Waals surface area (Å²) in [4.78, 5) is 16.3. The number of thiophene rings is 1. The molecule has 5 rings (SSSR count). The molecule has 4 aromatic rings. The van der Waals surface area contributed by atoms with E-state index in [1.54, 1.807) is 30.0 Å². The molecular formula is C25H23ClN2O4S. The highest BCUT2D eigenvalue weighted by molar-refractivity contribution is 7.22. The molecule has 1 saturated heterocycles. The molecule has 3 heterocycles. The number of β-amino-alcohol motifs (C(OH)–C–C–N with tert-alkyl or cyclic N) is 1. The number of benzene rings is 2. The van der Waals surface area contributed by atoms with Crippen LogP contribution in [0, 0.1) is 0 Å². The molecule has 8 heteroatoms. The number of nitrogens with zero attached hydrogens (tertiary/aromatic N) is 2. The first-order chi connectivity index (χ1) is 15.9. The van der Waals surface area contributed by atoms with E-state index < -0.39 is 6.10 Å². The first-order valence-corrected chi connectivity index (χ1v) is 11.7. The Hall–Kier alpha value is -2.84. The van der Waals surface area contributed by atoms with Gasteiger partial charge in [-0.3, -0.25) is 14.3 Å². The van der Waals surface area contributed by atoms with Crippen molar-refractivity contribution in [2.24, 2.45) is 0 Å². The number of aromatic nitrogens is 1. The Morgan fingerprint density at radius 3 is 2.55 bits per heavy atom. The van der Waals surface area contributed by atoms with Gasteiger partial charge >= 0.3 is 0 Å². The number of fused-ring (bicyclic) bond motifs is 1. The quantitative estimate of drug-likeness (QED) is 0.456. The van der Waals surface area contributed by atoms with Gasteiger partial charge in [0.25, 0.3) is 5.56 Å². The highest BCUT2D eigenvalue weighted by Gasteiger charge is 2.31. The van der Waals surface area contributed by atoms with E-state index in [4.69, 9.17) is 21.1 Å². The van der Waals surface area contributed by atoms with Gasteiger partial charge in [0, 0.05) is 40.6 Å². The molecule has 1 fully saturated rings. The number of methoxy groups -OCH3 is 1. The molecule has 2 aromatic heterocycles. The van der Waals surface area contributed by atoms with Gasteiger partial charge < -0.3 is 14.6 Å². The highest BCUT2D eigenvalue weighted by Crippen LogP contribution is 2.34. The SMILES string of the molecule is COc1cc(-n2ccc3cc(-c4ccc(Cl)cc4)sc3c2=O)ccc1OC1CN(C)CC1O. The predicted molar refractivity (Wildman–Crippen MR) is 132 cm³/mol. The number of rotatable bonds is 5. The first-order valence-electron chi connectivity index (χ1n) is 10.6. The normalized spacial score (nSPS) is 18.7.